The highest BCUT2D eigenvalue weighted by molar-refractivity contribution is 6.01. The second-order valence-corrected chi connectivity index (χ2v) is 16.0. The molecular weight excluding hydrogens is 673 g/mol. The van der Waals surface area contributed by atoms with Crippen molar-refractivity contribution < 1.29 is 14.7 Å². The summed E-state index contributed by atoms with van der Waals surface area (Å²) in [6, 6.07) is 30.0. The summed E-state index contributed by atoms with van der Waals surface area (Å²) in [5, 5.41) is 16.9. The number of allylic oxidation sites excluding steroid dienone is 1. The smallest absolute Gasteiger partial charge is 0.256 e. The van der Waals surface area contributed by atoms with E-state index in [4.69, 9.17) is 4.98 Å². The molecule has 3 fully saturated rings. The van der Waals surface area contributed by atoms with Crippen LogP contribution in [0.4, 0.5) is 11.5 Å². The van der Waals surface area contributed by atoms with Gasteiger partial charge in [0.2, 0.25) is 5.91 Å². The predicted molar refractivity (Wildman–Crippen MR) is 212 cm³/mol. The standard InChI is InChI=1S/C45H50N6O3/c1-29-7-17-41(44(53)47-29)51-28-40-39(45(51)54)16-18-42(48-40)50-24-21-34(27-50)46-26-30-19-22-49(23-20-30)35-11-8-32(9-12-35)43-37(31-5-3-2-4-6-31)14-10-33-25-36(52)13-15-38(33)43/h2-6,8-9,11-13,15-16,18,25,30,34,37,41,43,46,52H,1,7,10,14,17,19-24,26-28H2,(H,47,53)/t34?,37-,41?,43+/m1/s1. The van der Waals surface area contributed by atoms with Gasteiger partial charge in [0.15, 0.2) is 0 Å². The SMILES string of the molecule is C=C1CCC(N2Cc3nc(N4CCC(NCC5CCN(c6ccc([C@@H]7c8ccc(O)cc8CC[C@@H]7c7ccccc7)cc6)CC5)C4)ccc3C2=O)C(=O)N1. The molecule has 1 aliphatic carbocycles. The monoisotopic (exact) mass is 722 g/mol. The topological polar surface area (TPSA) is 101 Å². The molecule has 3 N–H and O–H groups in total. The summed E-state index contributed by atoms with van der Waals surface area (Å²) in [5.41, 5.74) is 8.73. The predicted octanol–water partition coefficient (Wildman–Crippen LogP) is 6.48. The number of pyridine rings is 1. The fourth-order valence-electron chi connectivity index (χ4n) is 9.71. The van der Waals surface area contributed by atoms with E-state index in [9.17, 15) is 14.7 Å². The van der Waals surface area contributed by atoms with Crippen molar-refractivity contribution in [2.45, 2.75) is 75.4 Å². The van der Waals surface area contributed by atoms with E-state index in [0.717, 1.165) is 63.5 Å². The van der Waals surface area contributed by atoms with Gasteiger partial charge in [0.1, 0.15) is 17.6 Å². The lowest BCUT2D eigenvalue weighted by Gasteiger charge is -2.36. The molecule has 5 aliphatic rings. The zero-order chi connectivity index (χ0) is 36.8. The Balaban J connectivity index is 0.776. The number of phenolic OH excluding ortho intramolecular Hbond substituents is 1. The third kappa shape index (κ3) is 6.74. The minimum atomic E-state index is -0.468. The van der Waals surface area contributed by atoms with Gasteiger partial charge < -0.3 is 30.4 Å². The normalized spacial score (nSPS) is 24.4. The quantitative estimate of drug-likeness (QED) is 0.192. The van der Waals surface area contributed by atoms with Gasteiger partial charge in [-0.1, -0.05) is 55.1 Å². The van der Waals surface area contributed by atoms with E-state index < -0.39 is 6.04 Å². The van der Waals surface area contributed by atoms with Gasteiger partial charge in [-0.3, -0.25) is 9.59 Å². The summed E-state index contributed by atoms with van der Waals surface area (Å²) in [4.78, 5) is 37.2. The molecule has 9 heteroatoms. The third-order valence-corrected chi connectivity index (χ3v) is 12.7. The number of phenols is 1. The van der Waals surface area contributed by atoms with E-state index in [1.165, 1.54) is 40.8 Å². The molecule has 0 bridgehead atoms. The van der Waals surface area contributed by atoms with Gasteiger partial charge in [-0.05, 0) is 122 Å². The second kappa shape index (κ2) is 14.6. The number of fused-ring (bicyclic) bond motifs is 2. The molecule has 3 aromatic carbocycles. The van der Waals surface area contributed by atoms with Gasteiger partial charge in [0, 0.05) is 49.5 Å². The maximum absolute atomic E-state index is 13.2. The van der Waals surface area contributed by atoms with Gasteiger partial charge in [-0.2, -0.15) is 0 Å². The van der Waals surface area contributed by atoms with Crippen LogP contribution in [0.25, 0.3) is 0 Å². The molecule has 0 radical (unpaired) electrons. The Labute approximate surface area is 318 Å². The average Bonchev–Trinajstić information content (AvgIpc) is 3.81. The van der Waals surface area contributed by atoms with Crippen LogP contribution in [0, 0.1) is 5.92 Å². The van der Waals surface area contributed by atoms with E-state index >= 15 is 0 Å². The van der Waals surface area contributed by atoms with Crippen LogP contribution in [0.1, 0.15) is 88.7 Å². The number of aryl methyl sites for hydroxylation is 1. The van der Waals surface area contributed by atoms with Crippen LogP contribution in [0.2, 0.25) is 0 Å². The molecule has 3 saturated heterocycles. The molecule has 4 aromatic rings. The summed E-state index contributed by atoms with van der Waals surface area (Å²) in [6.07, 6.45) is 6.75. The highest BCUT2D eigenvalue weighted by Gasteiger charge is 2.39. The van der Waals surface area contributed by atoms with Crippen LogP contribution < -0.4 is 20.4 Å². The lowest BCUT2D eigenvalue weighted by Crippen LogP contribution is -2.49. The molecule has 9 rings (SSSR count). The number of carbonyl (C=O) groups excluding carboxylic acids is 2. The molecule has 9 nitrogen and oxygen atoms in total. The Morgan fingerprint density at radius 3 is 2.43 bits per heavy atom. The van der Waals surface area contributed by atoms with Gasteiger partial charge in [-0.15, -0.1) is 0 Å². The highest BCUT2D eigenvalue weighted by atomic mass is 16.3. The first kappa shape index (κ1) is 34.6. The summed E-state index contributed by atoms with van der Waals surface area (Å²) >= 11 is 0. The van der Waals surface area contributed by atoms with Crippen molar-refractivity contribution >= 4 is 23.3 Å². The van der Waals surface area contributed by atoms with Crippen LogP contribution in [-0.4, -0.2) is 71.6 Å². The Morgan fingerprint density at radius 1 is 0.833 bits per heavy atom. The number of rotatable bonds is 8. The number of amides is 2. The van der Waals surface area contributed by atoms with Gasteiger partial charge in [0.05, 0.1) is 17.8 Å². The van der Waals surface area contributed by atoms with Gasteiger partial charge in [-0.25, -0.2) is 4.98 Å². The summed E-state index contributed by atoms with van der Waals surface area (Å²) in [7, 11) is 0. The first-order chi connectivity index (χ1) is 26.4. The second-order valence-electron chi connectivity index (χ2n) is 16.0. The van der Waals surface area contributed by atoms with Crippen molar-refractivity contribution in [2.24, 2.45) is 5.92 Å². The fraction of sp³-hybridized carbons (Fsp3) is 0.400. The summed E-state index contributed by atoms with van der Waals surface area (Å²) < 4.78 is 0. The third-order valence-electron chi connectivity index (χ3n) is 12.7. The van der Waals surface area contributed by atoms with E-state index in [0.29, 0.717) is 54.3 Å². The highest BCUT2D eigenvalue weighted by Crippen LogP contribution is 2.47. The van der Waals surface area contributed by atoms with Crippen LogP contribution in [0.5, 0.6) is 5.75 Å². The number of benzene rings is 3. The minimum Gasteiger partial charge on any atom is -0.508 e. The maximum Gasteiger partial charge on any atom is 0.256 e. The van der Waals surface area contributed by atoms with E-state index in [-0.39, 0.29) is 17.7 Å². The molecule has 4 atom stereocenters. The Kier molecular flexibility index (Phi) is 9.35. The average molecular weight is 723 g/mol. The molecule has 0 spiro atoms. The number of aromatic hydroxyl groups is 1. The summed E-state index contributed by atoms with van der Waals surface area (Å²) in [6.45, 7) is 9.23. The molecule has 0 saturated carbocycles. The van der Waals surface area contributed by atoms with Crippen molar-refractivity contribution in [3.63, 3.8) is 0 Å². The van der Waals surface area contributed by atoms with Crippen molar-refractivity contribution in [3.05, 3.63) is 131 Å². The first-order valence-electron chi connectivity index (χ1n) is 19.9. The number of hydrogen-bond donors (Lipinski definition) is 3. The number of hydrogen-bond acceptors (Lipinski definition) is 7. The van der Waals surface area contributed by atoms with E-state index in [1.54, 1.807) is 4.90 Å². The van der Waals surface area contributed by atoms with Crippen molar-refractivity contribution in [2.75, 3.05) is 42.5 Å². The first-order valence-corrected chi connectivity index (χ1v) is 19.9. The van der Waals surface area contributed by atoms with Crippen LogP contribution in [-0.2, 0) is 17.8 Å². The van der Waals surface area contributed by atoms with Crippen LogP contribution >= 0.6 is 0 Å². The van der Waals surface area contributed by atoms with Gasteiger partial charge in [0.25, 0.3) is 5.91 Å². The Bertz CT molecular complexity index is 2040. The number of anilines is 2. The van der Waals surface area contributed by atoms with Crippen molar-refractivity contribution in [1.82, 2.24) is 20.5 Å². The number of nitrogens with zero attached hydrogens (tertiary/aromatic N) is 4. The molecular formula is C45H50N6O3. The summed E-state index contributed by atoms with van der Waals surface area (Å²) in [5.74, 6) is 2.33. The molecule has 278 valence electrons. The van der Waals surface area contributed by atoms with Gasteiger partial charge >= 0.3 is 0 Å². The molecule has 1 aromatic heterocycles. The lowest BCUT2D eigenvalue weighted by atomic mass is 9.69. The molecule has 2 unspecified atom stereocenters. The zero-order valence-corrected chi connectivity index (χ0v) is 30.9. The largest absolute Gasteiger partial charge is 0.508 e. The zero-order valence-electron chi connectivity index (χ0n) is 30.9. The Hall–Kier alpha value is -5.15. The Morgan fingerprint density at radius 2 is 1.63 bits per heavy atom. The number of aromatic nitrogens is 1. The molecule has 54 heavy (non-hydrogen) atoms. The molecule has 5 heterocycles. The number of nitrogens with one attached hydrogen (secondary N) is 2. The maximum atomic E-state index is 13.2. The molecule has 2 amide bonds. The fourth-order valence-corrected chi connectivity index (χ4v) is 9.71. The van der Waals surface area contributed by atoms with E-state index in [2.05, 4.69) is 87.7 Å². The van der Waals surface area contributed by atoms with Crippen LogP contribution in [0.15, 0.2) is 97.2 Å². The lowest BCUT2D eigenvalue weighted by molar-refractivity contribution is -0.126. The van der Waals surface area contributed by atoms with E-state index in [1.807, 2.05) is 24.3 Å². The number of piperidine rings is 2. The molecule has 4 aliphatic heterocycles. The number of carbonyl (C=O) groups is 2. The van der Waals surface area contributed by atoms with Crippen molar-refractivity contribution in [1.29, 1.82) is 0 Å². The minimum absolute atomic E-state index is 0.106. The van der Waals surface area contributed by atoms with Crippen LogP contribution in [0.3, 0.4) is 0 Å². The van der Waals surface area contributed by atoms with Crippen molar-refractivity contribution in [3.8, 4) is 5.75 Å².